The summed E-state index contributed by atoms with van der Waals surface area (Å²) in [6.45, 7) is 4.30. The van der Waals surface area contributed by atoms with Gasteiger partial charge in [-0.25, -0.2) is 0 Å². The molecule has 3 heterocycles. The van der Waals surface area contributed by atoms with Gasteiger partial charge >= 0.3 is 0 Å². The minimum Gasteiger partial charge on any atom is -0.351 e. The first-order valence-corrected chi connectivity index (χ1v) is 11.2. The molecule has 2 fully saturated rings. The molecule has 1 aromatic heterocycles. The third-order valence-corrected chi connectivity index (χ3v) is 6.49. The van der Waals surface area contributed by atoms with Crippen LogP contribution in [0.15, 0.2) is 60.7 Å². The Balaban J connectivity index is 1.31. The Kier molecular flexibility index (Phi) is 5.47. The van der Waals surface area contributed by atoms with Crippen molar-refractivity contribution in [1.82, 2.24) is 19.7 Å². The second kappa shape index (κ2) is 8.55. The van der Waals surface area contributed by atoms with Crippen LogP contribution in [-0.4, -0.2) is 70.8 Å². The third kappa shape index (κ3) is 3.95. The van der Waals surface area contributed by atoms with E-state index in [1.165, 1.54) is 0 Å². The quantitative estimate of drug-likeness (QED) is 0.710. The molecule has 1 unspecified atom stereocenters. The Morgan fingerprint density at radius 3 is 2.16 bits per heavy atom. The van der Waals surface area contributed by atoms with E-state index in [1.807, 2.05) is 70.5 Å². The number of benzene rings is 2. The molecule has 2 aromatic carbocycles. The molecule has 0 saturated carbocycles. The van der Waals surface area contributed by atoms with Gasteiger partial charge in [-0.2, -0.15) is 0 Å². The van der Waals surface area contributed by atoms with Crippen molar-refractivity contribution < 1.29 is 9.59 Å². The lowest BCUT2D eigenvalue weighted by Crippen LogP contribution is -2.52. The highest BCUT2D eigenvalue weighted by Gasteiger charge is 2.35. The van der Waals surface area contributed by atoms with Gasteiger partial charge in [0, 0.05) is 50.2 Å². The number of fused-ring (bicyclic) bond motifs is 1. The number of aromatic amines is 1. The van der Waals surface area contributed by atoms with E-state index < -0.39 is 0 Å². The molecule has 31 heavy (non-hydrogen) atoms. The molecular weight excluding hydrogens is 388 g/mol. The molecule has 2 aliphatic rings. The summed E-state index contributed by atoms with van der Waals surface area (Å²) in [5.74, 6) is 0.220. The number of aromatic nitrogens is 1. The van der Waals surface area contributed by atoms with Crippen molar-refractivity contribution in [2.45, 2.75) is 18.9 Å². The Labute approximate surface area is 182 Å². The van der Waals surface area contributed by atoms with Gasteiger partial charge in [-0.3, -0.25) is 14.5 Å². The topological polar surface area (TPSA) is 59.7 Å². The summed E-state index contributed by atoms with van der Waals surface area (Å²) < 4.78 is 0. The van der Waals surface area contributed by atoms with Gasteiger partial charge in [0.2, 0.25) is 5.91 Å². The molecule has 0 aliphatic carbocycles. The number of rotatable bonds is 4. The van der Waals surface area contributed by atoms with Gasteiger partial charge < -0.3 is 14.8 Å². The number of amides is 2. The van der Waals surface area contributed by atoms with Crippen molar-refractivity contribution in [3.05, 3.63) is 71.9 Å². The van der Waals surface area contributed by atoms with E-state index in [2.05, 4.69) is 9.88 Å². The Bertz CT molecular complexity index is 1030. The predicted octanol–water partition coefficient (Wildman–Crippen LogP) is 3.29. The summed E-state index contributed by atoms with van der Waals surface area (Å²) in [5.41, 5.74) is 2.64. The molecule has 6 heteroatoms. The smallest absolute Gasteiger partial charge is 0.270 e. The second-order valence-electron chi connectivity index (χ2n) is 8.44. The summed E-state index contributed by atoms with van der Waals surface area (Å²) in [4.78, 5) is 35.8. The lowest BCUT2D eigenvalue weighted by atomic mass is 10.0. The third-order valence-electron chi connectivity index (χ3n) is 6.49. The molecule has 2 amide bonds. The van der Waals surface area contributed by atoms with Crippen LogP contribution in [0, 0.1) is 0 Å². The molecular formula is C25H28N4O2. The summed E-state index contributed by atoms with van der Waals surface area (Å²) in [5, 5.41) is 1.05. The number of H-pyrrole nitrogens is 1. The van der Waals surface area contributed by atoms with Crippen molar-refractivity contribution in [2.75, 3.05) is 39.3 Å². The van der Waals surface area contributed by atoms with Crippen LogP contribution in [0.1, 0.15) is 34.9 Å². The van der Waals surface area contributed by atoms with Crippen molar-refractivity contribution in [3.63, 3.8) is 0 Å². The van der Waals surface area contributed by atoms with Crippen LogP contribution in [0.2, 0.25) is 0 Å². The van der Waals surface area contributed by atoms with E-state index in [4.69, 9.17) is 0 Å². The van der Waals surface area contributed by atoms with Crippen molar-refractivity contribution in [2.24, 2.45) is 0 Å². The molecule has 3 aromatic rings. The zero-order valence-corrected chi connectivity index (χ0v) is 17.7. The summed E-state index contributed by atoms with van der Waals surface area (Å²) in [6.07, 6.45) is 2.17. The van der Waals surface area contributed by atoms with Gasteiger partial charge in [0.15, 0.2) is 0 Å². The van der Waals surface area contributed by atoms with Crippen LogP contribution in [0.3, 0.4) is 0 Å². The summed E-state index contributed by atoms with van der Waals surface area (Å²) in [7, 11) is 0. The average molecular weight is 417 g/mol. The number of nitrogens with one attached hydrogen (secondary N) is 1. The average Bonchev–Trinajstić information content (AvgIpc) is 3.50. The lowest BCUT2D eigenvalue weighted by Gasteiger charge is -2.39. The Hall–Kier alpha value is -3.12. The predicted molar refractivity (Wildman–Crippen MR) is 121 cm³/mol. The van der Waals surface area contributed by atoms with E-state index in [-0.39, 0.29) is 17.9 Å². The number of piperazine rings is 1. The molecule has 0 radical (unpaired) electrons. The minimum absolute atomic E-state index is 0.0259. The van der Waals surface area contributed by atoms with Gasteiger partial charge in [0.25, 0.3) is 5.91 Å². The van der Waals surface area contributed by atoms with Crippen LogP contribution in [-0.2, 0) is 4.79 Å². The van der Waals surface area contributed by atoms with Crippen LogP contribution < -0.4 is 0 Å². The van der Waals surface area contributed by atoms with Crippen molar-refractivity contribution in [1.29, 1.82) is 0 Å². The molecule has 160 valence electrons. The molecule has 0 spiro atoms. The lowest BCUT2D eigenvalue weighted by molar-refractivity contribution is -0.136. The SMILES string of the molecule is O=C(c1cc2ccccc2[nH]1)N1CCN(C(C(=O)N2CCCC2)c2ccccc2)CC1. The first kappa shape index (κ1) is 19.8. The number of hydrogen-bond acceptors (Lipinski definition) is 3. The number of carbonyl (C=O) groups excluding carboxylic acids is 2. The number of para-hydroxylation sites is 1. The Morgan fingerprint density at radius 1 is 0.774 bits per heavy atom. The fraction of sp³-hybridized carbons (Fsp3) is 0.360. The number of nitrogens with zero attached hydrogens (tertiary/aromatic N) is 3. The van der Waals surface area contributed by atoms with E-state index in [9.17, 15) is 9.59 Å². The van der Waals surface area contributed by atoms with E-state index >= 15 is 0 Å². The maximum absolute atomic E-state index is 13.4. The second-order valence-corrected chi connectivity index (χ2v) is 8.44. The maximum Gasteiger partial charge on any atom is 0.270 e. The first-order chi connectivity index (χ1) is 15.2. The summed E-state index contributed by atoms with van der Waals surface area (Å²) in [6, 6.07) is 19.6. The highest BCUT2D eigenvalue weighted by atomic mass is 16.2. The van der Waals surface area contributed by atoms with Crippen molar-refractivity contribution in [3.8, 4) is 0 Å². The van der Waals surface area contributed by atoms with Gasteiger partial charge in [0.1, 0.15) is 11.7 Å². The largest absolute Gasteiger partial charge is 0.351 e. The van der Waals surface area contributed by atoms with Crippen LogP contribution in [0.4, 0.5) is 0 Å². The van der Waals surface area contributed by atoms with E-state index in [0.29, 0.717) is 31.9 Å². The monoisotopic (exact) mass is 416 g/mol. The van der Waals surface area contributed by atoms with Gasteiger partial charge in [0.05, 0.1) is 0 Å². The molecule has 5 rings (SSSR count). The normalized spacial score (nSPS) is 18.5. The van der Waals surface area contributed by atoms with E-state index in [1.54, 1.807) is 0 Å². The van der Waals surface area contributed by atoms with E-state index in [0.717, 1.165) is 42.4 Å². The highest BCUT2D eigenvalue weighted by Crippen LogP contribution is 2.27. The van der Waals surface area contributed by atoms with Crippen LogP contribution in [0.25, 0.3) is 10.9 Å². The highest BCUT2D eigenvalue weighted by molar-refractivity contribution is 5.98. The molecule has 2 aliphatic heterocycles. The fourth-order valence-electron chi connectivity index (χ4n) is 4.80. The molecule has 1 N–H and O–H groups in total. The number of likely N-dealkylation sites (tertiary alicyclic amines) is 1. The Morgan fingerprint density at radius 2 is 1.45 bits per heavy atom. The molecule has 0 bridgehead atoms. The maximum atomic E-state index is 13.4. The van der Waals surface area contributed by atoms with Gasteiger partial charge in [-0.05, 0) is 30.5 Å². The van der Waals surface area contributed by atoms with Gasteiger partial charge in [-0.1, -0.05) is 48.5 Å². The zero-order valence-electron chi connectivity index (χ0n) is 17.7. The number of carbonyl (C=O) groups is 2. The fourth-order valence-corrected chi connectivity index (χ4v) is 4.80. The zero-order chi connectivity index (χ0) is 21.2. The van der Waals surface area contributed by atoms with Crippen LogP contribution >= 0.6 is 0 Å². The molecule has 2 saturated heterocycles. The molecule has 6 nitrogen and oxygen atoms in total. The summed E-state index contributed by atoms with van der Waals surface area (Å²) >= 11 is 0. The molecule has 1 atom stereocenters. The first-order valence-electron chi connectivity index (χ1n) is 11.2. The minimum atomic E-state index is -0.273. The van der Waals surface area contributed by atoms with Crippen molar-refractivity contribution >= 4 is 22.7 Å². The van der Waals surface area contributed by atoms with Crippen LogP contribution in [0.5, 0.6) is 0 Å². The standard InChI is InChI=1S/C25H28N4O2/c30-24(22-18-20-10-4-5-11-21(20)26-22)29-16-14-27(15-17-29)23(19-8-2-1-3-9-19)25(31)28-12-6-7-13-28/h1-5,8-11,18,23,26H,6-7,12-17H2. The number of hydrogen-bond donors (Lipinski definition) is 1. The van der Waals surface area contributed by atoms with Gasteiger partial charge in [-0.15, -0.1) is 0 Å².